The lowest BCUT2D eigenvalue weighted by molar-refractivity contribution is -0.0179. The highest BCUT2D eigenvalue weighted by Crippen LogP contribution is 2.50. The van der Waals surface area contributed by atoms with E-state index in [0.717, 1.165) is 94.1 Å². The Morgan fingerprint density at radius 1 is 1.18 bits per heavy atom. The summed E-state index contributed by atoms with van der Waals surface area (Å²) in [5, 5.41) is 28.2. The highest BCUT2D eigenvalue weighted by molar-refractivity contribution is 7.16. The molecule has 39 heavy (non-hydrogen) atoms. The molecule has 2 saturated heterocycles. The number of nitrogens with zero attached hydrogens (tertiary/aromatic N) is 7. The second-order valence-electron chi connectivity index (χ2n) is 11.7. The number of nitrogens with two attached hydrogens (primary N) is 1. The molecule has 0 amide bonds. The van der Waals surface area contributed by atoms with Gasteiger partial charge in [0.1, 0.15) is 22.6 Å². The van der Waals surface area contributed by atoms with Crippen LogP contribution in [-0.2, 0) is 11.8 Å². The highest BCUT2D eigenvalue weighted by Gasteiger charge is 2.48. The number of nitrogens with one attached hydrogen (secondary N) is 1. The number of piperazine rings is 1. The fraction of sp³-hybridized carbons (Fsp3) is 0.593. The van der Waals surface area contributed by atoms with Crippen LogP contribution in [-0.4, -0.2) is 70.6 Å². The summed E-state index contributed by atoms with van der Waals surface area (Å²) in [6.45, 7) is 7.32. The van der Waals surface area contributed by atoms with E-state index in [9.17, 15) is 10.4 Å². The first-order valence-electron chi connectivity index (χ1n) is 13.8. The molecule has 2 aliphatic carbocycles. The minimum absolute atomic E-state index is 0.168. The number of nitrogen functional groups attached to an aromatic ring is 1. The van der Waals surface area contributed by atoms with Crippen molar-refractivity contribution in [1.29, 1.82) is 5.26 Å². The summed E-state index contributed by atoms with van der Waals surface area (Å²) in [6, 6.07) is 4.27. The number of aromatic nitrogens is 4. The van der Waals surface area contributed by atoms with Gasteiger partial charge in [0, 0.05) is 55.8 Å². The SMILES string of the molecule is C[C@]1(c2nc(-c3cc(N4CCNCC4)nc(N4CCC5(CC(O)C5)C4)n3)no2)CCCc2sc(N)c(C#N)c21. The Hall–Kier alpha value is -3.27. The van der Waals surface area contributed by atoms with Crippen LogP contribution in [0, 0.1) is 16.7 Å². The van der Waals surface area contributed by atoms with E-state index in [-0.39, 0.29) is 11.5 Å². The van der Waals surface area contributed by atoms with Crippen LogP contribution in [0.5, 0.6) is 0 Å². The maximum absolute atomic E-state index is 9.95. The molecule has 0 radical (unpaired) electrons. The molecule has 3 aromatic heterocycles. The Morgan fingerprint density at radius 2 is 2.00 bits per heavy atom. The average Bonchev–Trinajstić information content (AvgIpc) is 3.67. The second kappa shape index (κ2) is 9.15. The first kappa shape index (κ1) is 24.7. The number of nitriles is 1. The summed E-state index contributed by atoms with van der Waals surface area (Å²) < 4.78 is 5.92. The van der Waals surface area contributed by atoms with Crippen LogP contribution in [0.2, 0.25) is 0 Å². The molecule has 12 heteroatoms. The number of aliphatic hydroxyl groups excluding tert-OH is 1. The van der Waals surface area contributed by atoms with Gasteiger partial charge in [-0.15, -0.1) is 11.3 Å². The number of anilines is 3. The predicted molar refractivity (Wildman–Crippen MR) is 148 cm³/mol. The van der Waals surface area contributed by atoms with Crippen molar-refractivity contribution in [2.24, 2.45) is 5.41 Å². The zero-order chi connectivity index (χ0) is 26.8. The van der Waals surface area contributed by atoms with Crippen LogP contribution >= 0.6 is 11.3 Å². The Kier molecular flexibility index (Phi) is 5.80. The summed E-state index contributed by atoms with van der Waals surface area (Å²) in [5.74, 6) is 2.45. The fourth-order valence-electron chi connectivity index (χ4n) is 6.97. The normalized spacial score (nSPS) is 28.4. The summed E-state index contributed by atoms with van der Waals surface area (Å²) in [7, 11) is 0. The summed E-state index contributed by atoms with van der Waals surface area (Å²) >= 11 is 1.49. The standard InChI is InChI=1S/C27H33N9O2S/c1-26(4-2-3-19-21(26)17(14-28)22(29)39-19)24-33-23(34-38-24)18-11-20(35-9-6-30-7-10-35)32-25(31-18)36-8-5-27(15-36)12-16(37)13-27/h11,16,30,37H,2-10,12-13,15,29H2,1H3/t16?,26-,27?/m0/s1. The van der Waals surface area contributed by atoms with Crippen molar-refractivity contribution in [3.63, 3.8) is 0 Å². The molecule has 4 aliphatic rings. The van der Waals surface area contributed by atoms with Crippen molar-refractivity contribution in [2.75, 3.05) is 54.8 Å². The lowest BCUT2D eigenvalue weighted by Crippen LogP contribution is -2.44. The van der Waals surface area contributed by atoms with Gasteiger partial charge in [0.2, 0.25) is 17.7 Å². The molecule has 1 spiro atoms. The second-order valence-corrected chi connectivity index (χ2v) is 12.9. The Bertz CT molecular complexity index is 1450. The van der Waals surface area contributed by atoms with Gasteiger partial charge in [-0.25, -0.2) is 4.98 Å². The van der Waals surface area contributed by atoms with E-state index in [4.69, 9.17) is 25.2 Å². The average molecular weight is 548 g/mol. The molecule has 3 aromatic rings. The van der Waals surface area contributed by atoms with Crippen LogP contribution < -0.4 is 20.9 Å². The van der Waals surface area contributed by atoms with E-state index in [1.54, 1.807) is 0 Å². The maximum Gasteiger partial charge on any atom is 0.237 e. The largest absolute Gasteiger partial charge is 0.393 e. The van der Waals surface area contributed by atoms with Crippen molar-refractivity contribution < 1.29 is 9.63 Å². The van der Waals surface area contributed by atoms with Crippen molar-refractivity contribution in [1.82, 2.24) is 25.4 Å². The summed E-state index contributed by atoms with van der Waals surface area (Å²) in [4.78, 5) is 20.5. The zero-order valence-corrected chi connectivity index (χ0v) is 22.9. The molecule has 5 heterocycles. The smallest absolute Gasteiger partial charge is 0.237 e. The van der Waals surface area contributed by atoms with Gasteiger partial charge in [-0.05, 0) is 50.9 Å². The van der Waals surface area contributed by atoms with Gasteiger partial charge in [0.25, 0.3) is 0 Å². The minimum Gasteiger partial charge on any atom is -0.393 e. The molecular formula is C27H33N9O2S. The molecule has 3 fully saturated rings. The lowest BCUT2D eigenvalue weighted by atomic mass is 9.66. The summed E-state index contributed by atoms with van der Waals surface area (Å²) in [6.07, 6.45) is 5.21. The van der Waals surface area contributed by atoms with E-state index in [2.05, 4.69) is 33.3 Å². The molecule has 0 bridgehead atoms. The molecule has 1 atom stereocenters. The number of thiophene rings is 1. The number of hydrogen-bond donors (Lipinski definition) is 3. The van der Waals surface area contributed by atoms with Gasteiger partial charge in [-0.1, -0.05) is 5.16 Å². The van der Waals surface area contributed by atoms with E-state index in [1.807, 2.05) is 6.07 Å². The number of hydrogen-bond acceptors (Lipinski definition) is 12. The van der Waals surface area contributed by atoms with Crippen molar-refractivity contribution in [3.8, 4) is 17.6 Å². The fourth-order valence-corrected chi connectivity index (χ4v) is 8.16. The van der Waals surface area contributed by atoms with Gasteiger partial charge in [0.15, 0.2) is 0 Å². The summed E-state index contributed by atoms with van der Waals surface area (Å²) in [5.41, 5.74) is 7.90. The lowest BCUT2D eigenvalue weighted by Gasteiger charge is -2.42. The van der Waals surface area contributed by atoms with Crippen LogP contribution in [0.1, 0.15) is 60.9 Å². The van der Waals surface area contributed by atoms with Crippen molar-refractivity contribution >= 4 is 28.1 Å². The number of aliphatic hydroxyl groups is 1. The van der Waals surface area contributed by atoms with Crippen molar-refractivity contribution in [3.05, 3.63) is 28.0 Å². The van der Waals surface area contributed by atoms with E-state index >= 15 is 0 Å². The van der Waals surface area contributed by atoms with E-state index in [0.29, 0.717) is 33.9 Å². The topological polar surface area (TPSA) is 153 Å². The van der Waals surface area contributed by atoms with Crippen molar-refractivity contribution in [2.45, 2.75) is 57.0 Å². The molecule has 2 aliphatic heterocycles. The molecule has 1 saturated carbocycles. The third-order valence-corrected chi connectivity index (χ3v) is 10.2. The first-order valence-corrected chi connectivity index (χ1v) is 14.6. The van der Waals surface area contributed by atoms with E-state index in [1.165, 1.54) is 11.3 Å². The Balaban J connectivity index is 1.26. The molecule has 7 rings (SSSR count). The van der Waals surface area contributed by atoms with Crippen LogP contribution in [0.4, 0.5) is 16.8 Å². The minimum atomic E-state index is -0.582. The Labute approximate surface area is 231 Å². The number of fused-ring (bicyclic) bond motifs is 1. The van der Waals surface area contributed by atoms with Gasteiger partial charge >= 0.3 is 0 Å². The molecule has 204 valence electrons. The first-order chi connectivity index (χ1) is 18.9. The zero-order valence-electron chi connectivity index (χ0n) is 22.1. The molecule has 0 aromatic carbocycles. The Morgan fingerprint density at radius 3 is 2.77 bits per heavy atom. The van der Waals surface area contributed by atoms with Crippen LogP contribution in [0.25, 0.3) is 11.5 Å². The van der Waals surface area contributed by atoms with Gasteiger partial charge in [-0.3, -0.25) is 0 Å². The van der Waals surface area contributed by atoms with Gasteiger partial charge in [-0.2, -0.15) is 15.2 Å². The quantitative estimate of drug-likeness (QED) is 0.441. The maximum atomic E-state index is 9.95. The van der Waals surface area contributed by atoms with Crippen LogP contribution in [0.15, 0.2) is 10.6 Å². The monoisotopic (exact) mass is 547 g/mol. The molecule has 4 N–H and O–H groups in total. The molecule has 11 nitrogen and oxygen atoms in total. The third kappa shape index (κ3) is 4.06. The predicted octanol–water partition coefficient (Wildman–Crippen LogP) is 2.45. The van der Waals surface area contributed by atoms with E-state index < -0.39 is 5.41 Å². The highest BCUT2D eigenvalue weighted by atomic mass is 32.1. The number of aryl methyl sites for hydroxylation is 1. The molecular weight excluding hydrogens is 514 g/mol. The third-order valence-electron chi connectivity index (χ3n) is 9.08. The van der Waals surface area contributed by atoms with Gasteiger partial charge in [0.05, 0.1) is 17.1 Å². The van der Waals surface area contributed by atoms with Crippen LogP contribution in [0.3, 0.4) is 0 Å². The van der Waals surface area contributed by atoms with Gasteiger partial charge < -0.3 is 30.5 Å². The molecule has 0 unspecified atom stereocenters. The number of rotatable bonds is 4.